The van der Waals surface area contributed by atoms with Crippen molar-refractivity contribution in [2.75, 3.05) is 24.3 Å². The van der Waals surface area contributed by atoms with Crippen molar-refractivity contribution in [1.82, 2.24) is 9.97 Å². The molecule has 0 fully saturated rings. The Labute approximate surface area is 191 Å². The highest BCUT2D eigenvalue weighted by Gasteiger charge is 2.17. The number of anilines is 1. The predicted molar refractivity (Wildman–Crippen MR) is 129 cm³/mol. The van der Waals surface area contributed by atoms with Gasteiger partial charge in [0.2, 0.25) is 5.91 Å². The van der Waals surface area contributed by atoms with Crippen LogP contribution >= 0.6 is 23.1 Å². The second kappa shape index (κ2) is 10.8. The molecule has 0 aliphatic rings. The number of carbonyl (C=O) groups excluding carboxylic acids is 1. The van der Waals surface area contributed by atoms with Crippen molar-refractivity contribution in [3.63, 3.8) is 0 Å². The van der Waals surface area contributed by atoms with Gasteiger partial charge >= 0.3 is 0 Å². The number of amides is 1. The van der Waals surface area contributed by atoms with Gasteiger partial charge in [-0.2, -0.15) is 0 Å². The first kappa shape index (κ1) is 23.3. The Morgan fingerprint density at radius 1 is 1.13 bits per heavy atom. The number of carbonyl (C=O) groups is 1. The van der Waals surface area contributed by atoms with Gasteiger partial charge in [-0.15, -0.1) is 11.3 Å². The molecule has 0 saturated carbocycles. The smallest absolute Gasteiger partial charge is 0.234 e. The van der Waals surface area contributed by atoms with Gasteiger partial charge in [0.15, 0.2) is 0 Å². The lowest BCUT2D eigenvalue weighted by Crippen LogP contribution is -2.15. The van der Waals surface area contributed by atoms with E-state index < -0.39 is 0 Å². The summed E-state index contributed by atoms with van der Waals surface area (Å²) in [4.78, 5) is 24.5. The van der Waals surface area contributed by atoms with Gasteiger partial charge in [-0.25, -0.2) is 9.97 Å². The summed E-state index contributed by atoms with van der Waals surface area (Å²) in [6.07, 6.45) is 1.81. The number of thioether (sulfide) groups is 1. The molecule has 2 aromatic heterocycles. The van der Waals surface area contributed by atoms with Gasteiger partial charge in [0, 0.05) is 22.8 Å². The van der Waals surface area contributed by atoms with Crippen LogP contribution < -0.4 is 14.8 Å². The van der Waals surface area contributed by atoms with Crippen LogP contribution in [-0.2, 0) is 11.2 Å². The van der Waals surface area contributed by atoms with Crippen molar-refractivity contribution in [3.05, 3.63) is 34.5 Å². The Morgan fingerprint density at radius 3 is 2.61 bits per heavy atom. The molecule has 0 aliphatic heterocycles. The Morgan fingerprint density at radius 2 is 1.90 bits per heavy atom. The zero-order valence-corrected chi connectivity index (χ0v) is 20.3. The lowest BCUT2D eigenvalue weighted by atomic mass is 10.2. The minimum Gasteiger partial charge on any atom is -0.494 e. The van der Waals surface area contributed by atoms with Crippen molar-refractivity contribution in [2.45, 2.75) is 52.5 Å². The molecule has 0 saturated heterocycles. The SMILES string of the molecule is CCCc1nc(SCC(=O)Nc2cc(OCC)ccc2OCC)c2c(C)c(C)sc2n1. The van der Waals surface area contributed by atoms with E-state index in [4.69, 9.17) is 19.4 Å². The molecule has 2 heterocycles. The van der Waals surface area contributed by atoms with Crippen LogP contribution in [0.1, 0.15) is 43.5 Å². The fraction of sp³-hybridized carbons (Fsp3) is 0.435. The lowest BCUT2D eigenvalue weighted by Gasteiger charge is -2.13. The van der Waals surface area contributed by atoms with Crippen LogP contribution in [0.4, 0.5) is 5.69 Å². The first-order chi connectivity index (χ1) is 15.0. The number of thiophene rings is 1. The maximum atomic E-state index is 12.8. The van der Waals surface area contributed by atoms with E-state index in [1.807, 2.05) is 26.0 Å². The van der Waals surface area contributed by atoms with Gasteiger partial charge < -0.3 is 14.8 Å². The summed E-state index contributed by atoms with van der Waals surface area (Å²) in [6.45, 7) is 11.2. The number of aromatic nitrogens is 2. The summed E-state index contributed by atoms with van der Waals surface area (Å²) < 4.78 is 11.2. The van der Waals surface area contributed by atoms with Crippen molar-refractivity contribution >= 4 is 44.9 Å². The monoisotopic (exact) mass is 459 g/mol. The highest BCUT2D eigenvalue weighted by molar-refractivity contribution is 8.00. The number of benzene rings is 1. The number of hydrogen-bond donors (Lipinski definition) is 1. The first-order valence-electron chi connectivity index (χ1n) is 10.6. The molecule has 8 heteroatoms. The van der Waals surface area contributed by atoms with E-state index in [0.717, 1.165) is 33.9 Å². The molecular formula is C23H29N3O3S2. The Balaban J connectivity index is 1.79. The van der Waals surface area contributed by atoms with Crippen LogP contribution in [0.25, 0.3) is 10.2 Å². The van der Waals surface area contributed by atoms with E-state index >= 15 is 0 Å². The molecule has 0 bridgehead atoms. The van der Waals surface area contributed by atoms with Crippen LogP contribution in [0.5, 0.6) is 11.5 Å². The average molecular weight is 460 g/mol. The molecule has 1 N–H and O–H groups in total. The van der Waals surface area contributed by atoms with Gasteiger partial charge in [-0.3, -0.25) is 4.79 Å². The number of rotatable bonds is 10. The molecular weight excluding hydrogens is 430 g/mol. The standard InChI is InChI=1S/C23H29N3O3S2/c1-6-9-19-25-22(21-14(4)15(5)31-23(21)26-19)30-13-20(27)24-17-12-16(28-7-2)10-11-18(17)29-8-3/h10-12H,6-9,13H2,1-5H3,(H,24,27). The van der Waals surface area contributed by atoms with E-state index in [9.17, 15) is 4.79 Å². The molecule has 0 unspecified atom stereocenters. The molecule has 166 valence electrons. The van der Waals surface area contributed by atoms with Gasteiger partial charge in [0.25, 0.3) is 0 Å². The van der Waals surface area contributed by atoms with Crippen LogP contribution in [0.2, 0.25) is 0 Å². The maximum Gasteiger partial charge on any atom is 0.234 e. The van der Waals surface area contributed by atoms with Crippen LogP contribution in [0, 0.1) is 13.8 Å². The summed E-state index contributed by atoms with van der Waals surface area (Å²) in [5.41, 5.74) is 1.80. The van der Waals surface area contributed by atoms with E-state index in [2.05, 4.69) is 26.1 Å². The highest BCUT2D eigenvalue weighted by atomic mass is 32.2. The van der Waals surface area contributed by atoms with E-state index in [1.165, 1.54) is 22.2 Å². The lowest BCUT2D eigenvalue weighted by molar-refractivity contribution is -0.113. The Kier molecular flexibility index (Phi) is 8.15. The molecule has 0 atom stereocenters. The summed E-state index contributed by atoms with van der Waals surface area (Å²) in [6, 6.07) is 5.46. The minimum atomic E-state index is -0.118. The van der Waals surface area contributed by atoms with Crippen LogP contribution in [-0.4, -0.2) is 34.8 Å². The number of hydrogen-bond acceptors (Lipinski definition) is 7. The summed E-state index contributed by atoms with van der Waals surface area (Å²) in [7, 11) is 0. The van der Waals surface area contributed by atoms with Gasteiger partial charge in [0.1, 0.15) is 27.2 Å². The molecule has 31 heavy (non-hydrogen) atoms. The molecule has 1 amide bonds. The molecule has 6 nitrogen and oxygen atoms in total. The largest absolute Gasteiger partial charge is 0.494 e. The second-order valence-electron chi connectivity index (χ2n) is 7.02. The quantitative estimate of drug-likeness (QED) is 0.306. The van der Waals surface area contributed by atoms with Crippen molar-refractivity contribution < 1.29 is 14.3 Å². The molecule has 3 aromatic rings. The zero-order chi connectivity index (χ0) is 22.4. The van der Waals surface area contributed by atoms with Crippen LogP contribution in [0.15, 0.2) is 23.2 Å². The third-order valence-corrected chi connectivity index (χ3v) is 6.77. The van der Waals surface area contributed by atoms with Crippen molar-refractivity contribution in [3.8, 4) is 11.5 Å². The molecule has 3 rings (SSSR count). The van der Waals surface area contributed by atoms with Gasteiger partial charge in [-0.05, 0) is 51.8 Å². The van der Waals surface area contributed by atoms with Gasteiger partial charge in [-0.1, -0.05) is 18.7 Å². The van der Waals surface area contributed by atoms with E-state index in [1.54, 1.807) is 17.4 Å². The first-order valence-corrected chi connectivity index (χ1v) is 12.4. The number of nitrogens with zero attached hydrogens (tertiary/aromatic N) is 2. The van der Waals surface area contributed by atoms with E-state index in [0.29, 0.717) is 30.4 Å². The highest BCUT2D eigenvalue weighted by Crippen LogP contribution is 2.36. The van der Waals surface area contributed by atoms with Crippen LogP contribution in [0.3, 0.4) is 0 Å². The fourth-order valence-electron chi connectivity index (χ4n) is 3.16. The normalized spacial score (nSPS) is 11.0. The molecule has 0 radical (unpaired) electrons. The number of fused-ring (bicyclic) bond motifs is 1. The summed E-state index contributed by atoms with van der Waals surface area (Å²) in [5, 5.41) is 4.90. The Hall–Kier alpha value is -2.32. The number of ether oxygens (including phenoxy) is 2. The third-order valence-electron chi connectivity index (χ3n) is 4.69. The molecule has 0 aliphatic carbocycles. The van der Waals surface area contributed by atoms with E-state index in [-0.39, 0.29) is 11.7 Å². The molecule has 0 spiro atoms. The maximum absolute atomic E-state index is 12.8. The van der Waals surface area contributed by atoms with Crippen molar-refractivity contribution in [2.24, 2.45) is 0 Å². The summed E-state index contributed by atoms with van der Waals surface area (Å²) >= 11 is 3.14. The second-order valence-corrected chi connectivity index (χ2v) is 9.19. The number of nitrogens with one attached hydrogen (secondary N) is 1. The minimum absolute atomic E-state index is 0.118. The summed E-state index contributed by atoms with van der Waals surface area (Å²) in [5.74, 6) is 2.29. The van der Waals surface area contributed by atoms with Gasteiger partial charge in [0.05, 0.1) is 24.7 Å². The topological polar surface area (TPSA) is 73.3 Å². The Bertz CT molecular complexity index is 1070. The molecule has 1 aromatic carbocycles. The average Bonchev–Trinajstić information content (AvgIpc) is 3.02. The van der Waals surface area contributed by atoms with Crippen molar-refractivity contribution in [1.29, 1.82) is 0 Å². The zero-order valence-electron chi connectivity index (χ0n) is 18.7. The fourth-order valence-corrected chi connectivity index (χ4v) is 5.18. The third kappa shape index (κ3) is 5.68. The number of aryl methyl sites for hydroxylation is 3. The predicted octanol–water partition coefficient (Wildman–Crippen LogP) is 5.79.